The number of halogens is 2. The molecule has 1 fully saturated rings. The number of likely N-dealkylation sites (tertiary alicyclic amines) is 1. The average Bonchev–Trinajstić information content (AvgIpc) is 2.62. The molecule has 0 unspecified atom stereocenters. The zero-order valence-corrected chi connectivity index (χ0v) is 17.1. The molecular formula is C20H22ClFN2O5. The van der Waals surface area contributed by atoms with E-state index in [9.17, 15) is 18.8 Å². The molecule has 1 aromatic heterocycles. The molecule has 2 amide bonds. The van der Waals surface area contributed by atoms with Crippen molar-refractivity contribution < 1.29 is 23.1 Å². The van der Waals surface area contributed by atoms with E-state index < -0.39 is 22.8 Å². The maximum Gasteiger partial charge on any atom is 0.410 e. The molecule has 1 N–H and O–H groups in total. The van der Waals surface area contributed by atoms with Crippen LogP contribution in [0.4, 0.5) is 9.18 Å². The summed E-state index contributed by atoms with van der Waals surface area (Å²) in [6, 6.07) is 3.02. The number of benzene rings is 1. The topological polar surface area (TPSA) is 88.9 Å². The standard InChI is InChI=1S/C20H22ClFN2O5/c1-20(2,3)29-19(27)24-6-4-11(5-7-24)23-18(26)17-10-15(25)12-8-13(21)14(22)9-16(12)28-17/h8-11H,4-7H2,1-3H3,(H,23,26). The second kappa shape index (κ2) is 8.02. The number of fused-ring (bicyclic) bond motifs is 1. The Morgan fingerprint density at radius 3 is 2.52 bits per heavy atom. The van der Waals surface area contributed by atoms with Gasteiger partial charge in [-0.25, -0.2) is 9.18 Å². The molecule has 29 heavy (non-hydrogen) atoms. The summed E-state index contributed by atoms with van der Waals surface area (Å²) in [5.41, 5.74) is -1.11. The Bertz CT molecular complexity index is 1010. The molecule has 0 bridgehead atoms. The molecule has 9 heteroatoms. The summed E-state index contributed by atoms with van der Waals surface area (Å²) >= 11 is 5.69. The molecule has 0 spiro atoms. The highest BCUT2D eigenvalue weighted by Crippen LogP contribution is 2.22. The molecule has 0 radical (unpaired) electrons. The molecule has 0 atom stereocenters. The molecule has 1 aliphatic heterocycles. The lowest BCUT2D eigenvalue weighted by Gasteiger charge is -2.33. The number of carbonyl (C=O) groups is 2. The van der Waals surface area contributed by atoms with Gasteiger partial charge in [-0.2, -0.15) is 0 Å². The molecule has 1 aromatic carbocycles. The van der Waals surface area contributed by atoms with Crippen LogP contribution in [0.2, 0.25) is 5.02 Å². The lowest BCUT2D eigenvalue weighted by Crippen LogP contribution is -2.47. The van der Waals surface area contributed by atoms with E-state index in [4.69, 9.17) is 20.8 Å². The Kier molecular flexibility index (Phi) is 5.84. The molecule has 1 aliphatic rings. The lowest BCUT2D eigenvalue weighted by atomic mass is 10.1. The summed E-state index contributed by atoms with van der Waals surface area (Å²) in [4.78, 5) is 38.4. The van der Waals surface area contributed by atoms with E-state index in [0.717, 1.165) is 12.1 Å². The molecule has 0 saturated carbocycles. The van der Waals surface area contributed by atoms with Crippen molar-refractivity contribution in [2.24, 2.45) is 0 Å². The number of hydrogen-bond acceptors (Lipinski definition) is 5. The van der Waals surface area contributed by atoms with Crippen molar-refractivity contribution in [1.29, 1.82) is 0 Å². The highest BCUT2D eigenvalue weighted by molar-refractivity contribution is 6.31. The van der Waals surface area contributed by atoms with Gasteiger partial charge in [-0.05, 0) is 39.7 Å². The fourth-order valence-electron chi connectivity index (χ4n) is 3.05. The second-order valence-corrected chi connectivity index (χ2v) is 8.36. The maximum atomic E-state index is 13.7. The Balaban J connectivity index is 1.65. The SMILES string of the molecule is CC(C)(C)OC(=O)N1CCC(NC(=O)c2cc(=O)c3cc(Cl)c(F)cc3o2)CC1. The number of nitrogens with zero attached hydrogens (tertiary/aromatic N) is 1. The quantitative estimate of drug-likeness (QED) is 0.793. The fourth-order valence-corrected chi connectivity index (χ4v) is 3.22. The van der Waals surface area contributed by atoms with E-state index in [1.165, 1.54) is 6.07 Å². The number of rotatable bonds is 2. The predicted molar refractivity (Wildman–Crippen MR) is 106 cm³/mol. The third kappa shape index (κ3) is 5.06. The molecule has 156 valence electrons. The first-order valence-corrected chi connectivity index (χ1v) is 9.63. The van der Waals surface area contributed by atoms with Gasteiger partial charge in [0, 0.05) is 31.3 Å². The van der Waals surface area contributed by atoms with Gasteiger partial charge in [0.25, 0.3) is 5.91 Å². The van der Waals surface area contributed by atoms with Crippen LogP contribution in [0.3, 0.4) is 0 Å². The molecule has 2 heterocycles. The first kappa shape index (κ1) is 21.1. The minimum atomic E-state index is -0.741. The van der Waals surface area contributed by atoms with Crippen molar-refractivity contribution in [3.8, 4) is 0 Å². The van der Waals surface area contributed by atoms with E-state index in [1.54, 1.807) is 25.7 Å². The molecule has 3 rings (SSSR count). The molecule has 7 nitrogen and oxygen atoms in total. The van der Waals surface area contributed by atoms with Gasteiger partial charge in [-0.3, -0.25) is 9.59 Å². The van der Waals surface area contributed by atoms with Crippen LogP contribution in [-0.4, -0.2) is 41.6 Å². The summed E-state index contributed by atoms with van der Waals surface area (Å²) in [5, 5.41) is 2.69. The van der Waals surface area contributed by atoms with Crippen molar-refractivity contribution in [2.45, 2.75) is 45.3 Å². The first-order chi connectivity index (χ1) is 13.5. The van der Waals surface area contributed by atoms with Gasteiger partial charge in [0.05, 0.1) is 10.4 Å². The van der Waals surface area contributed by atoms with Gasteiger partial charge < -0.3 is 19.4 Å². The van der Waals surface area contributed by atoms with Gasteiger partial charge >= 0.3 is 6.09 Å². The lowest BCUT2D eigenvalue weighted by molar-refractivity contribution is 0.0199. The van der Waals surface area contributed by atoms with Crippen molar-refractivity contribution >= 4 is 34.6 Å². The van der Waals surface area contributed by atoms with Crippen LogP contribution in [0.1, 0.15) is 44.2 Å². The van der Waals surface area contributed by atoms with E-state index in [0.29, 0.717) is 25.9 Å². The largest absolute Gasteiger partial charge is 0.451 e. The highest BCUT2D eigenvalue weighted by atomic mass is 35.5. The van der Waals surface area contributed by atoms with E-state index in [2.05, 4.69) is 5.32 Å². The molecular weight excluding hydrogens is 403 g/mol. The molecule has 1 saturated heterocycles. The highest BCUT2D eigenvalue weighted by Gasteiger charge is 2.28. The van der Waals surface area contributed by atoms with Crippen molar-refractivity contribution in [3.63, 3.8) is 0 Å². The Morgan fingerprint density at radius 2 is 1.90 bits per heavy atom. The Hall–Kier alpha value is -2.61. The number of ether oxygens (including phenoxy) is 1. The average molecular weight is 425 g/mol. The van der Waals surface area contributed by atoms with Crippen LogP contribution in [0.25, 0.3) is 11.0 Å². The number of carbonyl (C=O) groups excluding carboxylic acids is 2. The molecule has 2 aromatic rings. The second-order valence-electron chi connectivity index (χ2n) is 7.95. The number of hydrogen-bond donors (Lipinski definition) is 1. The van der Waals surface area contributed by atoms with Crippen molar-refractivity contribution in [2.75, 3.05) is 13.1 Å². The van der Waals surface area contributed by atoms with Gasteiger partial charge in [0.2, 0.25) is 0 Å². The zero-order valence-electron chi connectivity index (χ0n) is 16.4. The number of amides is 2. The maximum absolute atomic E-state index is 13.7. The van der Waals surface area contributed by atoms with Crippen LogP contribution >= 0.6 is 11.6 Å². The number of nitrogens with one attached hydrogen (secondary N) is 1. The van der Waals surface area contributed by atoms with Gasteiger partial charge in [-0.15, -0.1) is 0 Å². The van der Waals surface area contributed by atoms with Gasteiger partial charge in [0.1, 0.15) is 17.0 Å². The minimum Gasteiger partial charge on any atom is -0.451 e. The molecule has 0 aliphatic carbocycles. The summed E-state index contributed by atoms with van der Waals surface area (Å²) in [7, 11) is 0. The van der Waals surface area contributed by atoms with Gasteiger partial charge in [-0.1, -0.05) is 11.6 Å². The van der Waals surface area contributed by atoms with Crippen LogP contribution in [0, 0.1) is 5.82 Å². The van der Waals surface area contributed by atoms with Crippen LogP contribution in [0.5, 0.6) is 0 Å². The predicted octanol–water partition coefficient (Wildman–Crippen LogP) is 3.71. The summed E-state index contributed by atoms with van der Waals surface area (Å²) in [6.07, 6.45) is 0.684. The van der Waals surface area contributed by atoms with Crippen LogP contribution < -0.4 is 10.7 Å². The van der Waals surface area contributed by atoms with Gasteiger partial charge in [0.15, 0.2) is 11.2 Å². The Labute approximate surface area is 171 Å². The monoisotopic (exact) mass is 424 g/mol. The van der Waals surface area contributed by atoms with Crippen molar-refractivity contribution in [1.82, 2.24) is 10.2 Å². The third-order valence-corrected chi connectivity index (χ3v) is 4.77. The normalized spacial score (nSPS) is 15.4. The minimum absolute atomic E-state index is 0.0516. The Morgan fingerprint density at radius 1 is 1.24 bits per heavy atom. The summed E-state index contributed by atoms with van der Waals surface area (Å²) < 4.78 is 24.4. The summed E-state index contributed by atoms with van der Waals surface area (Å²) in [6.45, 7) is 6.27. The van der Waals surface area contributed by atoms with Crippen molar-refractivity contribution in [3.05, 3.63) is 45.0 Å². The summed E-state index contributed by atoms with van der Waals surface area (Å²) in [5.74, 6) is -1.52. The first-order valence-electron chi connectivity index (χ1n) is 9.25. The number of piperidine rings is 1. The zero-order chi connectivity index (χ0) is 21.3. The third-order valence-electron chi connectivity index (χ3n) is 4.48. The van der Waals surface area contributed by atoms with Crippen LogP contribution in [-0.2, 0) is 4.74 Å². The van der Waals surface area contributed by atoms with Crippen LogP contribution in [0.15, 0.2) is 27.4 Å². The van der Waals surface area contributed by atoms with E-state index in [-0.39, 0.29) is 33.9 Å². The van der Waals surface area contributed by atoms with E-state index >= 15 is 0 Å². The smallest absolute Gasteiger partial charge is 0.410 e. The fraction of sp³-hybridized carbons (Fsp3) is 0.450. The van der Waals surface area contributed by atoms with E-state index in [1.807, 2.05) is 0 Å².